The van der Waals surface area contributed by atoms with Crippen molar-refractivity contribution in [3.63, 3.8) is 0 Å². The Hall–Kier alpha value is -2.59. The number of nitrogens with zero attached hydrogens (tertiary/aromatic N) is 3. The molecular formula is C20H18F6N4. The number of rotatable bonds is 3. The maximum Gasteiger partial charge on any atom is 0.417 e. The second kappa shape index (κ2) is 7.59. The monoisotopic (exact) mass is 428 g/mol. The minimum atomic E-state index is -5.15. The standard InChI is InChI=1S/C20H18F6N4/c21-19(22,23)16-3-1-2-15(18(16)20(24,25)26)13-4-5-17-14(10-13)11-28-30(17)12-29-8-6-27-7-9-29/h1-5,10-11,27H,6-9,12H2. The van der Waals surface area contributed by atoms with Crippen LogP contribution in [0.25, 0.3) is 22.0 Å². The molecule has 0 aliphatic carbocycles. The van der Waals surface area contributed by atoms with E-state index in [-0.39, 0.29) is 5.56 Å². The largest absolute Gasteiger partial charge is 0.417 e. The highest BCUT2D eigenvalue weighted by atomic mass is 19.4. The lowest BCUT2D eigenvalue weighted by molar-refractivity contribution is -0.161. The highest BCUT2D eigenvalue weighted by Gasteiger charge is 2.44. The van der Waals surface area contributed by atoms with E-state index >= 15 is 0 Å². The summed E-state index contributed by atoms with van der Waals surface area (Å²) in [6, 6.07) is 6.96. The molecule has 4 nitrogen and oxygen atoms in total. The molecule has 1 aliphatic rings. The molecule has 0 bridgehead atoms. The van der Waals surface area contributed by atoms with Crippen molar-refractivity contribution in [1.29, 1.82) is 0 Å². The van der Waals surface area contributed by atoms with E-state index in [1.165, 1.54) is 18.3 Å². The number of fused-ring (bicyclic) bond motifs is 1. The molecule has 30 heavy (non-hydrogen) atoms. The van der Waals surface area contributed by atoms with Crippen LogP contribution >= 0.6 is 0 Å². The Morgan fingerprint density at radius 1 is 0.933 bits per heavy atom. The Balaban J connectivity index is 1.75. The lowest BCUT2D eigenvalue weighted by atomic mass is 9.94. The van der Waals surface area contributed by atoms with E-state index in [0.717, 1.165) is 38.3 Å². The molecule has 0 unspecified atom stereocenters. The van der Waals surface area contributed by atoms with Gasteiger partial charge >= 0.3 is 12.4 Å². The highest BCUT2D eigenvalue weighted by Crippen LogP contribution is 2.45. The van der Waals surface area contributed by atoms with Crippen LogP contribution in [0.3, 0.4) is 0 Å². The van der Waals surface area contributed by atoms with Crippen LogP contribution in [0.2, 0.25) is 0 Å². The van der Waals surface area contributed by atoms with Crippen molar-refractivity contribution >= 4 is 10.9 Å². The van der Waals surface area contributed by atoms with Gasteiger partial charge in [0.2, 0.25) is 0 Å². The average molecular weight is 428 g/mol. The van der Waals surface area contributed by atoms with E-state index in [1.807, 2.05) is 0 Å². The Morgan fingerprint density at radius 2 is 1.67 bits per heavy atom. The quantitative estimate of drug-likeness (QED) is 0.619. The number of halogens is 6. The summed E-state index contributed by atoms with van der Waals surface area (Å²) in [4.78, 5) is 2.19. The van der Waals surface area contributed by atoms with Crippen molar-refractivity contribution in [2.75, 3.05) is 26.2 Å². The predicted molar refractivity (Wildman–Crippen MR) is 99.6 cm³/mol. The summed E-state index contributed by atoms with van der Waals surface area (Å²) >= 11 is 0. The molecule has 3 aromatic rings. The van der Waals surface area contributed by atoms with Gasteiger partial charge in [-0.15, -0.1) is 0 Å². The zero-order valence-electron chi connectivity index (χ0n) is 15.7. The number of hydrogen-bond acceptors (Lipinski definition) is 3. The molecule has 1 N–H and O–H groups in total. The summed E-state index contributed by atoms with van der Waals surface area (Å²) in [6.07, 6.45) is -8.75. The minimum Gasteiger partial charge on any atom is -0.314 e. The van der Waals surface area contributed by atoms with Crippen LogP contribution in [-0.4, -0.2) is 40.9 Å². The SMILES string of the molecule is FC(F)(F)c1cccc(-c2ccc3c(cnn3CN3CCNCC3)c2)c1C(F)(F)F. The van der Waals surface area contributed by atoms with Gasteiger partial charge in [-0.05, 0) is 29.3 Å². The van der Waals surface area contributed by atoms with Crippen molar-refractivity contribution in [3.05, 3.63) is 53.7 Å². The molecule has 1 fully saturated rings. The smallest absolute Gasteiger partial charge is 0.314 e. The van der Waals surface area contributed by atoms with Crippen LogP contribution in [0.5, 0.6) is 0 Å². The summed E-state index contributed by atoms with van der Waals surface area (Å²) in [5.74, 6) is 0. The first kappa shape index (κ1) is 20.7. The first-order valence-corrected chi connectivity index (χ1v) is 9.31. The molecule has 1 saturated heterocycles. The van der Waals surface area contributed by atoms with E-state index in [1.54, 1.807) is 10.7 Å². The molecule has 0 atom stereocenters. The molecule has 1 aromatic heterocycles. The number of aromatic nitrogens is 2. The highest BCUT2D eigenvalue weighted by molar-refractivity contribution is 5.85. The van der Waals surface area contributed by atoms with Gasteiger partial charge in [0.05, 0.1) is 29.5 Å². The van der Waals surface area contributed by atoms with Gasteiger partial charge in [-0.25, -0.2) is 0 Å². The van der Waals surface area contributed by atoms with Crippen molar-refractivity contribution < 1.29 is 26.3 Å². The second-order valence-corrected chi connectivity index (χ2v) is 7.15. The Kier molecular flexibility index (Phi) is 5.23. The summed E-state index contributed by atoms with van der Waals surface area (Å²) in [7, 11) is 0. The van der Waals surface area contributed by atoms with Gasteiger partial charge in [-0.1, -0.05) is 18.2 Å². The molecule has 4 rings (SSSR count). The zero-order valence-corrected chi connectivity index (χ0v) is 15.7. The molecule has 0 radical (unpaired) electrons. The molecule has 1 aliphatic heterocycles. The predicted octanol–water partition coefficient (Wildman–Crippen LogP) is 4.60. The van der Waals surface area contributed by atoms with E-state index in [0.29, 0.717) is 23.6 Å². The maximum atomic E-state index is 13.6. The van der Waals surface area contributed by atoms with Gasteiger partial charge in [0, 0.05) is 31.6 Å². The summed E-state index contributed by atoms with van der Waals surface area (Å²) < 4.78 is 82.2. The fourth-order valence-corrected chi connectivity index (χ4v) is 3.74. The fourth-order valence-electron chi connectivity index (χ4n) is 3.74. The van der Waals surface area contributed by atoms with Crippen LogP contribution in [0.4, 0.5) is 26.3 Å². The van der Waals surface area contributed by atoms with Crippen LogP contribution < -0.4 is 5.32 Å². The molecule has 10 heteroatoms. The van der Waals surface area contributed by atoms with Crippen molar-refractivity contribution in [1.82, 2.24) is 20.0 Å². The first-order valence-electron chi connectivity index (χ1n) is 9.31. The molecule has 160 valence electrons. The number of alkyl halides is 6. The third kappa shape index (κ3) is 4.01. The lowest BCUT2D eigenvalue weighted by Gasteiger charge is -2.27. The van der Waals surface area contributed by atoms with Crippen LogP contribution in [0.15, 0.2) is 42.6 Å². The summed E-state index contributed by atoms with van der Waals surface area (Å²) in [6.45, 7) is 3.94. The number of nitrogens with one attached hydrogen (secondary N) is 1. The van der Waals surface area contributed by atoms with Crippen LogP contribution in [0.1, 0.15) is 11.1 Å². The molecule has 0 spiro atoms. The number of hydrogen-bond donors (Lipinski definition) is 1. The lowest BCUT2D eigenvalue weighted by Crippen LogP contribution is -2.44. The second-order valence-electron chi connectivity index (χ2n) is 7.15. The van der Waals surface area contributed by atoms with Crippen molar-refractivity contribution in [3.8, 4) is 11.1 Å². The van der Waals surface area contributed by atoms with Crippen LogP contribution in [0, 0.1) is 0 Å². The maximum absolute atomic E-state index is 13.6. The number of piperazine rings is 1. The molecule has 0 amide bonds. The third-order valence-electron chi connectivity index (χ3n) is 5.15. The topological polar surface area (TPSA) is 33.1 Å². The summed E-state index contributed by atoms with van der Waals surface area (Å²) in [5, 5.41) is 8.11. The molecule has 2 aromatic carbocycles. The summed E-state index contributed by atoms with van der Waals surface area (Å²) in [5.41, 5.74) is -3.11. The Labute approximate surface area is 168 Å². The van der Waals surface area contributed by atoms with Gasteiger partial charge < -0.3 is 5.32 Å². The zero-order chi connectivity index (χ0) is 21.5. The van der Waals surface area contributed by atoms with E-state index in [9.17, 15) is 26.3 Å². The minimum absolute atomic E-state index is 0.0580. The molecule has 2 heterocycles. The molecular weight excluding hydrogens is 410 g/mol. The third-order valence-corrected chi connectivity index (χ3v) is 5.15. The van der Waals surface area contributed by atoms with Gasteiger partial charge in [-0.3, -0.25) is 9.58 Å². The Morgan fingerprint density at radius 3 is 2.33 bits per heavy atom. The van der Waals surface area contributed by atoms with Gasteiger partial charge in [0.25, 0.3) is 0 Å². The molecule has 0 saturated carbocycles. The van der Waals surface area contributed by atoms with E-state index < -0.39 is 29.0 Å². The van der Waals surface area contributed by atoms with Gasteiger partial charge in [0.1, 0.15) is 0 Å². The van der Waals surface area contributed by atoms with Gasteiger partial charge in [0.15, 0.2) is 0 Å². The fraction of sp³-hybridized carbons (Fsp3) is 0.350. The first-order chi connectivity index (χ1) is 14.1. The van der Waals surface area contributed by atoms with Crippen molar-refractivity contribution in [2.45, 2.75) is 19.0 Å². The number of benzene rings is 2. The van der Waals surface area contributed by atoms with Gasteiger partial charge in [-0.2, -0.15) is 31.4 Å². The Bertz CT molecular complexity index is 1050. The van der Waals surface area contributed by atoms with Crippen LogP contribution in [-0.2, 0) is 19.0 Å². The average Bonchev–Trinajstić information content (AvgIpc) is 3.09. The van der Waals surface area contributed by atoms with Crippen molar-refractivity contribution in [2.24, 2.45) is 0 Å². The van der Waals surface area contributed by atoms with E-state index in [4.69, 9.17) is 0 Å². The normalized spacial score (nSPS) is 16.3. The van der Waals surface area contributed by atoms with E-state index in [2.05, 4.69) is 15.3 Å².